The molecule has 8 heteroatoms. The molecule has 1 N–H and O–H groups in total. The molecule has 1 amide bonds. The van der Waals surface area contributed by atoms with Crippen molar-refractivity contribution in [2.24, 2.45) is 0 Å². The van der Waals surface area contributed by atoms with Gasteiger partial charge in [0.2, 0.25) is 5.91 Å². The molecule has 1 atom stereocenters. The van der Waals surface area contributed by atoms with Gasteiger partial charge < -0.3 is 5.32 Å². The summed E-state index contributed by atoms with van der Waals surface area (Å²) in [4.78, 5) is 56.3. The summed E-state index contributed by atoms with van der Waals surface area (Å²) < 4.78 is 1.64. The number of nitrogens with zero attached hydrogens (tertiary/aromatic N) is 2. The van der Waals surface area contributed by atoms with Crippen LogP contribution in [0.1, 0.15) is 58.2 Å². The van der Waals surface area contributed by atoms with E-state index in [-0.39, 0.29) is 40.4 Å². The van der Waals surface area contributed by atoms with Crippen LogP contribution in [0, 0.1) is 0 Å². The van der Waals surface area contributed by atoms with Crippen molar-refractivity contribution in [1.82, 2.24) is 9.55 Å². The molecule has 36 heavy (non-hydrogen) atoms. The lowest BCUT2D eigenvalue weighted by Gasteiger charge is -2.19. The van der Waals surface area contributed by atoms with E-state index in [0.29, 0.717) is 38.4 Å². The lowest BCUT2D eigenvalue weighted by atomic mass is 9.84. The lowest BCUT2D eigenvalue weighted by molar-refractivity contribution is -0.113. The van der Waals surface area contributed by atoms with Crippen LogP contribution >= 0.6 is 11.8 Å². The first-order valence-electron chi connectivity index (χ1n) is 11.7. The molecule has 0 spiro atoms. The summed E-state index contributed by atoms with van der Waals surface area (Å²) in [6, 6.07) is 18.5. The summed E-state index contributed by atoms with van der Waals surface area (Å²) >= 11 is 1.19. The van der Waals surface area contributed by atoms with Crippen molar-refractivity contribution in [2.75, 3.05) is 11.1 Å². The van der Waals surface area contributed by atoms with E-state index in [1.807, 2.05) is 26.0 Å². The predicted molar refractivity (Wildman–Crippen MR) is 140 cm³/mol. The van der Waals surface area contributed by atoms with E-state index < -0.39 is 0 Å². The minimum absolute atomic E-state index is 0.0218. The summed E-state index contributed by atoms with van der Waals surface area (Å²) in [7, 11) is 0. The van der Waals surface area contributed by atoms with Crippen LogP contribution in [-0.4, -0.2) is 32.8 Å². The second-order valence-electron chi connectivity index (χ2n) is 8.64. The quantitative estimate of drug-likeness (QED) is 0.265. The van der Waals surface area contributed by atoms with Crippen LogP contribution in [0.15, 0.2) is 76.7 Å². The van der Waals surface area contributed by atoms with E-state index in [9.17, 15) is 19.2 Å². The van der Waals surface area contributed by atoms with Crippen LogP contribution in [0.25, 0.3) is 10.9 Å². The highest BCUT2D eigenvalue weighted by molar-refractivity contribution is 7.99. The zero-order valence-corrected chi connectivity index (χ0v) is 20.6. The second kappa shape index (κ2) is 9.54. The SMILES string of the molecule is CCC(C)n1c(SCC(=O)Nc2ccc3c(c2)C(=O)c2ccccc2C3=O)nc2ccccc2c1=O. The lowest BCUT2D eigenvalue weighted by Crippen LogP contribution is -2.26. The molecule has 1 aromatic heterocycles. The maximum atomic E-state index is 13.1. The number of ketones is 2. The Bertz CT molecular complexity index is 1610. The molecule has 0 bridgehead atoms. The van der Waals surface area contributed by atoms with Gasteiger partial charge in [0.05, 0.1) is 16.7 Å². The largest absolute Gasteiger partial charge is 0.325 e. The van der Waals surface area contributed by atoms with E-state index >= 15 is 0 Å². The van der Waals surface area contributed by atoms with Crippen LogP contribution < -0.4 is 10.9 Å². The van der Waals surface area contributed by atoms with E-state index in [4.69, 9.17) is 0 Å². The molecule has 1 unspecified atom stereocenters. The maximum absolute atomic E-state index is 13.1. The van der Waals surface area contributed by atoms with Crippen molar-refractivity contribution in [3.63, 3.8) is 0 Å². The van der Waals surface area contributed by atoms with Gasteiger partial charge in [-0.2, -0.15) is 0 Å². The van der Waals surface area contributed by atoms with Crippen molar-refractivity contribution < 1.29 is 14.4 Å². The number of carbonyl (C=O) groups excluding carboxylic acids is 3. The number of hydrogen-bond acceptors (Lipinski definition) is 6. The average Bonchev–Trinajstić information content (AvgIpc) is 2.90. The number of anilines is 1. The third kappa shape index (κ3) is 4.13. The van der Waals surface area contributed by atoms with Gasteiger partial charge in [-0.15, -0.1) is 0 Å². The number of nitrogens with one attached hydrogen (secondary N) is 1. The summed E-state index contributed by atoms with van der Waals surface area (Å²) in [6.45, 7) is 3.94. The molecule has 7 nitrogen and oxygen atoms in total. The van der Waals surface area contributed by atoms with Gasteiger partial charge >= 0.3 is 0 Å². The molecule has 0 radical (unpaired) electrons. The smallest absolute Gasteiger partial charge is 0.262 e. The van der Waals surface area contributed by atoms with Crippen LogP contribution in [0.4, 0.5) is 5.69 Å². The summed E-state index contributed by atoms with van der Waals surface area (Å²) in [5.74, 6) is -0.746. The summed E-state index contributed by atoms with van der Waals surface area (Å²) in [5, 5.41) is 3.82. The third-order valence-corrected chi connectivity index (χ3v) is 7.30. The van der Waals surface area contributed by atoms with Gasteiger partial charge in [-0.25, -0.2) is 4.98 Å². The Morgan fingerprint density at radius 2 is 1.56 bits per heavy atom. The van der Waals surface area contributed by atoms with Crippen LogP contribution in [0.5, 0.6) is 0 Å². The van der Waals surface area contributed by atoms with Gasteiger partial charge in [-0.05, 0) is 43.7 Å². The number of rotatable bonds is 6. The van der Waals surface area contributed by atoms with E-state index in [0.717, 1.165) is 6.42 Å². The van der Waals surface area contributed by atoms with Crippen LogP contribution in [0.3, 0.4) is 0 Å². The number of amides is 1. The zero-order chi connectivity index (χ0) is 25.4. The maximum Gasteiger partial charge on any atom is 0.262 e. The molecular formula is C28H23N3O4S. The molecule has 0 fully saturated rings. The fraction of sp³-hybridized carbons (Fsp3) is 0.179. The van der Waals surface area contributed by atoms with E-state index in [1.165, 1.54) is 17.8 Å². The first-order chi connectivity index (χ1) is 17.4. The highest BCUT2D eigenvalue weighted by Gasteiger charge is 2.29. The van der Waals surface area contributed by atoms with Crippen LogP contribution in [0.2, 0.25) is 0 Å². The van der Waals surface area contributed by atoms with Crippen molar-refractivity contribution >= 4 is 45.8 Å². The Kier molecular flexibility index (Phi) is 6.28. The van der Waals surface area contributed by atoms with Crippen molar-refractivity contribution in [3.05, 3.63) is 99.3 Å². The second-order valence-corrected chi connectivity index (χ2v) is 9.59. The Morgan fingerprint density at radius 1 is 0.917 bits per heavy atom. The monoisotopic (exact) mass is 497 g/mol. The van der Waals surface area contributed by atoms with Crippen molar-refractivity contribution in [2.45, 2.75) is 31.5 Å². The van der Waals surface area contributed by atoms with E-state index in [1.54, 1.807) is 53.1 Å². The van der Waals surface area contributed by atoms with E-state index in [2.05, 4.69) is 10.3 Å². The van der Waals surface area contributed by atoms with Gasteiger partial charge in [0.1, 0.15) is 0 Å². The molecule has 0 aliphatic heterocycles. The molecule has 1 heterocycles. The minimum atomic E-state index is -0.312. The standard InChI is InChI=1S/C28H23N3O4S/c1-3-16(2)31-27(35)21-10-6-7-11-23(21)30-28(31)36-15-24(32)29-17-12-13-20-22(14-17)26(34)19-9-5-4-8-18(19)25(20)33/h4-14,16H,3,15H2,1-2H3,(H,29,32). The third-order valence-electron chi connectivity index (χ3n) is 6.35. The predicted octanol–water partition coefficient (Wildman–Crippen LogP) is 4.87. The molecule has 1 aliphatic rings. The Labute approximate surface area is 211 Å². The molecule has 0 saturated heterocycles. The molecule has 0 saturated carbocycles. The fourth-order valence-electron chi connectivity index (χ4n) is 4.30. The molecule has 1 aliphatic carbocycles. The van der Waals surface area contributed by atoms with Crippen LogP contribution in [-0.2, 0) is 4.79 Å². The summed E-state index contributed by atoms with van der Waals surface area (Å²) in [5.41, 5.74) is 2.22. The highest BCUT2D eigenvalue weighted by Crippen LogP contribution is 2.29. The number of para-hydroxylation sites is 1. The minimum Gasteiger partial charge on any atom is -0.325 e. The molecule has 180 valence electrons. The van der Waals surface area contributed by atoms with Gasteiger partial charge in [0.15, 0.2) is 16.7 Å². The topological polar surface area (TPSA) is 98.1 Å². The molecular weight excluding hydrogens is 474 g/mol. The molecule has 4 aromatic rings. The Morgan fingerprint density at radius 3 is 2.28 bits per heavy atom. The first kappa shape index (κ1) is 23.7. The number of fused-ring (bicyclic) bond motifs is 3. The number of aromatic nitrogens is 2. The fourth-order valence-corrected chi connectivity index (χ4v) is 5.20. The van der Waals surface area contributed by atoms with Gasteiger partial charge in [-0.3, -0.25) is 23.7 Å². The van der Waals surface area contributed by atoms with Gasteiger partial charge in [-0.1, -0.05) is 55.1 Å². The summed E-state index contributed by atoms with van der Waals surface area (Å²) in [6.07, 6.45) is 0.741. The number of hydrogen-bond donors (Lipinski definition) is 1. The normalized spacial score (nSPS) is 13.3. The van der Waals surface area contributed by atoms with Gasteiger partial charge in [0.25, 0.3) is 5.56 Å². The zero-order valence-electron chi connectivity index (χ0n) is 19.8. The number of carbonyl (C=O) groups is 3. The van der Waals surface area contributed by atoms with Crippen molar-refractivity contribution in [1.29, 1.82) is 0 Å². The number of benzene rings is 3. The highest BCUT2D eigenvalue weighted by atomic mass is 32.2. The van der Waals surface area contributed by atoms with Gasteiger partial charge in [0, 0.05) is 34.0 Å². The number of thioether (sulfide) groups is 1. The Balaban J connectivity index is 1.37. The Hall–Kier alpha value is -4.04. The average molecular weight is 498 g/mol. The first-order valence-corrected chi connectivity index (χ1v) is 12.6. The molecule has 5 rings (SSSR count). The molecule has 3 aromatic carbocycles. The van der Waals surface area contributed by atoms with Crippen molar-refractivity contribution in [3.8, 4) is 0 Å².